The summed E-state index contributed by atoms with van der Waals surface area (Å²) >= 11 is 0. The summed E-state index contributed by atoms with van der Waals surface area (Å²) in [5.41, 5.74) is -0.478. The van der Waals surface area contributed by atoms with Gasteiger partial charge in [0.2, 0.25) is 0 Å². The Bertz CT molecular complexity index is 140. The molecule has 0 bridgehead atoms. The minimum atomic E-state index is -0.478. The lowest BCUT2D eigenvalue weighted by molar-refractivity contribution is 0.0267. The van der Waals surface area contributed by atoms with Crippen molar-refractivity contribution in [3.63, 3.8) is 0 Å². The van der Waals surface area contributed by atoms with Gasteiger partial charge in [-0.1, -0.05) is 13.8 Å². The van der Waals surface area contributed by atoms with Gasteiger partial charge >= 0.3 is 0 Å². The normalized spacial score (nSPS) is 30.5. The summed E-state index contributed by atoms with van der Waals surface area (Å²) in [7, 11) is 0. The molecule has 1 saturated heterocycles. The quantitative estimate of drug-likeness (QED) is 0.601. The Labute approximate surface area is 80.9 Å². The van der Waals surface area contributed by atoms with E-state index in [2.05, 4.69) is 24.5 Å². The highest BCUT2D eigenvalue weighted by atomic mass is 16.3. The van der Waals surface area contributed by atoms with Gasteiger partial charge in [-0.05, 0) is 32.4 Å². The minimum Gasteiger partial charge on any atom is -0.389 e. The molecule has 1 unspecified atom stereocenters. The summed E-state index contributed by atoms with van der Waals surface area (Å²) in [6, 6.07) is 0.459. The third kappa shape index (κ3) is 4.07. The molecule has 3 nitrogen and oxygen atoms in total. The molecule has 0 aromatic carbocycles. The largest absolute Gasteiger partial charge is 0.389 e. The highest BCUT2D eigenvalue weighted by Gasteiger charge is 2.27. The van der Waals surface area contributed by atoms with Crippen molar-refractivity contribution in [1.29, 1.82) is 0 Å². The smallest absolute Gasteiger partial charge is 0.0784 e. The molecule has 0 aromatic rings. The maximum atomic E-state index is 10.2. The molecule has 3 N–H and O–H groups in total. The zero-order valence-electron chi connectivity index (χ0n) is 8.77. The predicted octanol–water partition coefficient (Wildman–Crippen LogP) is 0.489. The Hall–Kier alpha value is -0.120. The molecule has 1 heterocycles. The van der Waals surface area contributed by atoms with Crippen LogP contribution in [0.5, 0.6) is 0 Å². The van der Waals surface area contributed by atoms with Gasteiger partial charge in [-0.25, -0.2) is 0 Å². The summed E-state index contributed by atoms with van der Waals surface area (Å²) < 4.78 is 0. The van der Waals surface area contributed by atoms with Gasteiger partial charge < -0.3 is 15.7 Å². The molecule has 0 saturated carbocycles. The highest BCUT2D eigenvalue weighted by molar-refractivity contribution is 4.84. The number of hydrogen-bond acceptors (Lipinski definition) is 3. The number of aliphatic hydroxyl groups is 1. The first-order valence-electron chi connectivity index (χ1n) is 5.29. The number of nitrogens with one attached hydrogen (secondary N) is 2. The summed E-state index contributed by atoms with van der Waals surface area (Å²) in [6.07, 6.45) is 2.86. The highest BCUT2D eigenvalue weighted by Crippen LogP contribution is 2.18. The first kappa shape index (κ1) is 11.0. The molecule has 0 spiro atoms. The van der Waals surface area contributed by atoms with Crippen LogP contribution in [-0.2, 0) is 0 Å². The van der Waals surface area contributed by atoms with E-state index in [1.807, 2.05) is 0 Å². The van der Waals surface area contributed by atoms with E-state index in [1.54, 1.807) is 0 Å². The van der Waals surface area contributed by atoms with Gasteiger partial charge in [0.1, 0.15) is 0 Å². The van der Waals surface area contributed by atoms with Gasteiger partial charge in [0, 0.05) is 12.6 Å². The summed E-state index contributed by atoms with van der Waals surface area (Å²) in [5.74, 6) is 0. The molecular weight excluding hydrogens is 164 g/mol. The SMILES string of the molecule is CC(C)NCC1(O)CCCNCC1. The van der Waals surface area contributed by atoms with E-state index >= 15 is 0 Å². The van der Waals surface area contributed by atoms with Crippen molar-refractivity contribution in [2.24, 2.45) is 0 Å². The van der Waals surface area contributed by atoms with E-state index in [-0.39, 0.29) is 0 Å². The van der Waals surface area contributed by atoms with Crippen LogP contribution in [0.3, 0.4) is 0 Å². The molecule has 1 aliphatic heterocycles. The second-order valence-electron chi connectivity index (χ2n) is 4.36. The molecule has 0 amide bonds. The number of rotatable bonds is 3. The van der Waals surface area contributed by atoms with E-state index < -0.39 is 5.60 Å². The lowest BCUT2D eigenvalue weighted by Crippen LogP contribution is -2.43. The Morgan fingerprint density at radius 3 is 2.85 bits per heavy atom. The molecule has 1 aliphatic rings. The van der Waals surface area contributed by atoms with Gasteiger partial charge in [0.05, 0.1) is 5.60 Å². The number of hydrogen-bond donors (Lipinski definition) is 3. The third-order valence-corrected chi connectivity index (χ3v) is 2.60. The minimum absolute atomic E-state index is 0.459. The molecule has 0 radical (unpaired) electrons. The van der Waals surface area contributed by atoms with Crippen molar-refractivity contribution in [1.82, 2.24) is 10.6 Å². The molecular formula is C10H22N2O. The van der Waals surface area contributed by atoms with Gasteiger partial charge in [-0.2, -0.15) is 0 Å². The topological polar surface area (TPSA) is 44.3 Å². The Morgan fingerprint density at radius 1 is 1.38 bits per heavy atom. The molecule has 13 heavy (non-hydrogen) atoms. The molecule has 0 aliphatic carbocycles. The summed E-state index contributed by atoms with van der Waals surface area (Å²) in [5, 5.41) is 16.8. The van der Waals surface area contributed by atoms with Crippen molar-refractivity contribution in [2.45, 2.75) is 44.8 Å². The lowest BCUT2D eigenvalue weighted by Gasteiger charge is -2.27. The molecule has 1 rings (SSSR count). The fraction of sp³-hybridized carbons (Fsp3) is 1.00. The average molecular weight is 186 g/mol. The zero-order chi connectivity index (χ0) is 9.73. The predicted molar refractivity (Wildman–Crippen MR) is 54.8 cm³/mol. The molecule has 78 valence electrons. The van der Waals surface area contributed by atoms with Crippen molar-refractivity contribution >= 4 is 0 Å². The average Bonchev–Trinajstić information content (AvgIpc) is 2.28. The van der Waals surface area contributed by atoms with Crippen LogP contribution in [0.2, 0.25) is 0 Å². The maximum absolute atomic E-state index is 10.2. The van der Waals surface area contributed by atoms with Crippen LogP contribution in [-0.4, -0.2) is 36.4 Å². The first-order chi connectivity index (χ1) is 6.12. The zero-order valence-corrected chi connectivity index (χ0v) is 8.77. The second kappa shape index (κ2) is 4.94. The van der Waals surface area contributed by atoms with Crippen molar-refractivity contribution < 1.29 is 5.11 Å². The fourth-order valence-corrected chi connectivity index (χ4v) is 1.68. The molecule has 1 fully saturated rings. The van der Waals surface area contributed by atoms with Crippen LogP contribution in [0.1, 0.15) is 33.1 Å². The van der Waals surface area contributed by atoms with Gasteiger partial charge in [0.15, 0.2) is 0 Å². The molecule has 0 aromatic heterocycles. The van der Waals surface area contributed by atoms with Crippen LogP contribution in [0.4, 0.5) is 0 Å². The van der Waals surface area contributed by atoms with E-state index in [1.165, 1.54) is 0 Å². The van der Waals surface area contributed by atoms with Crippen LogP contribution >= 0.6 is 0 Å². The summed E-state index contributed by atoms with van der Waals surface area (Å²) in [4.78, 5) is 0. The van der Waals surface area contributed by atoms with Crippen molar-refractivity contribution in [3.05, 3.63) is 0 Å². The van der Waals surface area contributed by atoms with Crippen LogP contribution < -0.4 is 10.6 Å². The second-order valence-corrected chi connectivity index (χ2v) is 4.36. The van der Waals surface area contributed by atoms with Crippen molar-refractivity contribution in [2.75, 3.05) is 19.6 Å². The first-order valence-corrected chi connectivity index (χ1v) is 5.29. The third-order valence-electron chi connectivity index (χ3n) is 2.60. The van der Waals surface area contributed by atoms with Crippen LogP contribution in [0, 0.1) is 0 Å². The standard InChI is InChI=1S/C10H22N2O/c1-9(2)12-8-10(13)4-3-6-11-7-5-10/h9,11-13H,3-8H2,1-2H3. The fourth-order valence-electron chi connectivity index (χ4n) is 1.68. The van der Waals surface area contributed by atoms with E-state index in [9.17, 15) is 5.11 Å². The van der Waals surface area contributed by atoms with Gasteiger partial charge in [0.25, 0.3) is 0 Å². The Morgan fingerprint density at radius 2 is 2.15 bits per heavy atom. The van der Waals surface area contributed by atoms with Gasteiger partial charge in [-0.15, -0.1) is 0 Å². The lowest BCUT2D eigenvalue weighted by atomic mass is 9.94. The van der Waals surface area contributed by atoms with Crippen LogP contribution in [0.15, 0.2) is 0 Å². The van der Waals surface area contributed by atoms with E-state index in [4.69, 9.17) is 0 Å². The van der Waals surface area contributed by atoms with Crippen molar-refractivity contribution in [3.8, 4) is 0 Å². The van der Waals surface area contributed by atoms with E-state index in [0.717, 1.165) is 38.9 Å². The van der Waals surface area contributed by atoms with Crippen LogP contribution in [0.25, 0.3) is 0 Å². The summed E-state index contributed by atoms with van der Waals surface area (Å²) in [6.45, 7) is 6.93. The monoisotopic (exact) mass is 186 g/mol. The van der Waals surface area contributed by atoms with Gasteiger partial charge in [-0.3, -0.25) is 0 Å². The Balaban J connectivity index is 2.33. The maximum Gasteiger partial charge on any atom is 0.0784 e. The Kier molecular flexibility index (Phi) is 4.16. The van der Waals surface area contributed by atoms with E-state index in [0.29, 0.717) is 6.04 Å². The molecule has 1 atom stereocenters. The molecule has 3 heteroatoms.